The number of aliphatic carboxylic acids is 3. The number of guanidine groups is 1. The van der Waals surface area contributed by atoms with E-state index in [0.717, 1.165) is 13.8 Å². The van der Waals surface area contributed by atoms with Crippen molar-refractivity contribution in [2.75, 3.05) is 19.6 Å². The second-order valence-electron chi connectivity index (χ2n) is 9.69. The van der Waals surface area contributed by atoms with E-state index < -0.39 is 65.9 Å². The molecule has 1 heterocycles. The van der Waals surface area contributed by atoms with Gasteiger partial charge < -0.3 is 58.9 Å². The number of carbonyl (C=O) groups excluding carboxylic acids is 3. The number of carbonyl (C=O) groups is 6. The van der Waals surface area contributed by atoms with E-state index >= 15 is 0 Å². The highest BCUT2D eigenvalue weighted by atomic mass is 16.4. The number of amides is 3. The minimum Gasteiger partial charge on any atom is -0.481 e. The fraction of sp³-hybridized carbons (Fsp3) is 0.720. The fourth-order valence-electron chi connectivity index (χ4n) is 3.77. The molecule has 0 aliphatic carbocycles. The van der Waals surface area contributed by atoms with Gasteiger partial charge in [-0.1, -0.05) is 0 Å². The van der Waals surface area contributed by atoms with Crippen molar-refractivity contribution in [3.05, 3.63) is 0 Å². The lowest BCUT2D eigenvalue weighted by Gasteiger charge is -2.30. The van der Waals surface area contributed by atoms with Crippen molar-refractivity contribution in [2.24, 2.45) is 27.9 Å². The van der Waals surface area contributed by atoms with Gasteiger partial charge in [0, 0.05) is 26.9 Å². The van der Waals surface area contributed by atoms with Crippen molar-refractivity contribution < 1.29 is 49.2 Å². The molecule has 0 radical (unpaired) electrons. The van der Waals surface area contributed by atoms with Crippen LogP contribution in [-0.2, 0) is 28.8 Å². The van der Waals surface area contributed by atoms with E-state index in [1.165, 1.54) is 11.8 Å². The molecule has 0 aromatic rings. The van der Waals surface area contributed by atoms with Gasteiger partial charge in [0.05, 0.1) is 6.10 Å². The predicted molar refractivity (Wildman–Crippen MR) is 155 cm³/mol. The van der Waals surface area contributed by atoms with Crippen molar-refractivity contribution in [1.29, 1.82) is 0 Å². The van der Waals surface area contributed by atoms with Crippen LogP contribution in [0.1, 0.15) is 65.7 Å². The number of aliphatic imine (C=N–C) groups is 1. The highest BCUT2D eigenvalue weighted by Crippen LogP contribution is 2.20. The van der Waals surface area contributed by atoms with E-state index in [2.05, 4.69) is 15.6 Å². The van der Waals surface area contributed by atoms with E-state index in [9.17, 15) is 29.4 Å². The number of hydrogen-bond acceptors (Lipinski definition) is 10. The molecule has 18 heteroatoms. The summed E-state index contributed by atoms with van der Waals surface area (Å²) in [6.07, 6.45) is 1.69. The maximum absolute atomic E-state index is 13.3. The number of rotatable bonds is 15. The quantitative estimate of drug-likeness (QED) is 0.0499. The number of carboxylic acids is 3. The summed E-state index contributed by atoms with van der Waals surface area (Å²) in [5.41, 5.74) is 21.7. The molecule has 1 rings (SSSR count). The average molecular weight is 621 g/mol. The van der Waals surface area contributed by atoms with Gasteiger partial charge in [0.2, 0.25) is 17.7 Å². The molecule has 1 fully saturated rings. The first-order valence-corrected chi connectivity index (χ1v) is 13.7. The summed E-state index contributed by atoms with van der Waals surface area (Å²) in [5, 5.41) is 39.0. The summed E-state index contributed by atoms with van der Waals surface area (Å²) in [6, 6.07) is -4.21. The topological polar surface area (TPSA) is 327 Å². The van der Waals surface area contributed by atoms with Crippen LogP contribution >= 0.6 is 0 Å². The van der Waals surface area contributed by atoms with E-state index in [0.29, 0.717) is 38.6 Å². The SMILES string of the molecule is CC(=O)O.CC(=O)O.CC(O)C(N)C(=O)NC(CCCCN)C(=O)N1CCCC1C(=O)NC(CCCN=C(N)N)C(=O)O. The molecule has 5 unspecified atom stereocenters. The second-order valence-corrected chi connectivity index (χ2v) is 9.69. The summed E-state index contributed by atoms with van der Waals surface area (Å²) in [5.74, 6) is -4.72. The molecule has 3 amide bonds. The molecule has 248 valence electrons. The zero-order chi connectivity index (χ0) is 33.7. The Morgan fingerprint density at radius 3 is 1.93 bits per heavy atom. The van der Waals surface area contributed by atoms with Crippen molar-refractivity contribution in [3.8, 4) is 0 Å². The van der Waals surface area contributed by atoms with Crippen LogP contribution < -0.4 is 33.6 Å². The van der Waals surface area contributed by atoms with Crippen molar-refractivity contribution >= 4 is 41.6 Å². The van der Waals surface area contributed by atoms with Gasteiger partial charge >= 0.3 is 5.97 Å². The smallest absolute Gasteiger partial charge is 0.326 e. The van der Waals surface area contributed by atoms with Gasteiger partial charge in [0.25, 0.3) is 11.9 Å². The molecular formula is C25H48N8O10. The number of aliphatic hydroxyl groups excluding tert-OH is 1. The highest BCUT2D eigenvalue weighted by molar-refractivity contribution is 5.94. The Labute approximate surface area is 250 Å². The molecule has 18 nitrogen and oxygen atoms in total. The number of unbranched alkanes of at least 4 members (excludes halogenated alkanes) is 1. The van der Waals surface area contributed by atoms with Crippen LogP contribution in [-0.4, -0.2) is 117 Å². The van der Waals surface area contributed by atoms with Crippen LogP contribution in [0.4, 0.5) is 0 Å². The molecule has 1 saturated heterocycles. The van der Waals surface area contributed by atoms with Gasteiger partial charge in [-0.15, -0.1) is 0 Å². The number of hydrogen-bond donors (Lipinski definition) is 10. The monoisotopic (exact) mass is 620 g/mol. The van der Waals surface area contributed by atoms with Crippen LogP contribution in [0.15, 0.2) is 4.99 Å². The third-order valence-corrected chi connectivity index (χ3v) is 5.78. The Bertz CT molecular complexity index is 923. The van der Waals surface area contributed by atoms with Crippen molar-refractivity contribution in [2.45, 2.75) is 96.0 Å². The number of nitrogens with one attached hydrogen (secondary N) is 2. The van der Waals surface area contributed by atoms with Crippen molar-refractivity contribution in [3.63, 3.8) is 0 Å². The lowest BCUT2D eigenvalue weighted by molar-refractivity contribution is -0.145. The molecule has 43 heavy (non-hydrogen) atoms. The first-order valence-electron chi connectivity index (χ1n) is 13.7. The van der Waals surface area contributed by atoms with Crippen LogP contribution in [0.3, 0.4) is 0 Å². The summed E-state index contributed by atoms with van der Waals surface area (Å²) in [6.45, 7) is 4.45. The van der Waals surface area contributed by atoms with Gasteiger partial charge in [0.1, 0.15) is 24.2 Å². The average Bonchev–Trinajstić information content (AvgIpc) is 3.38. The molecule has 0 aromatic heterocycles. The van der Waals surface area contributed by atoms with Gasteiger partial charge in [0.15, 0.2) is 5.96 Å². The normalized spacial score (nSPS) is 16.4. The van der Waals surface area contributed by atoms with E-state index in [1.54, 1.807) is 0 Å². The Kier molecular flexibility index (Phi) is 21.6. The highest BCUT2D eigenvalue weighted by Gasteiger charge is 2.39. The van der Waals surface area contributed by atoms with Crippen LogP contribution in [0, 0.1) is 0 Å². The maximum atomic E-state index is 13.3. The number of aliphatic hydroxyl groups is 1. The lowest BCUT2D eigenvalue weighted by Crippen LogP contribution is -2.57. The van der Waals surface area contributed by atoms with Gasteiger partial charge in [-0.25, -0.2) is 4.79 Å². The summed E-state index contributed by atoms with van der Waals surface area (Å²) in [7, 11) is 0. The fourth-order valence-corrected chi connectivity index (χ4v) is 3.77. The molecule has 0 spiro atoms. The van der Waals surface area contributed by atoms with Gasteiger partial charge in [-0.2, -0.15) is 0 Å². The summed E-state index contributed by atoms with van der Waals surface area (Å²) >= 11 is 0. The molecule has 14 N–H and O–H groups in total. The third kappa shape index (κ3) is 19.7. The first-order chi connectivity index (χ1) is 20.0. The van der Waals surface area contributed by atoms with Crippen molar-refractivity contribution in [1.82, 2.24) is 15.5 Å². The zero-order valence-corrected chi connectivity index (χ0v) is 24.9. The first kappa shape index (κ1) is 41.1. The molecule has 5 atom stereocenters. The largest absolute Gasteiger partial charge is 0.481 e. The minimum atomic E-state index is -1.22. The van der Waals surface area contributed by atoms with E-state index in [-0.39, 0.29) is 31.9 Å². The second kappa shape index (κ2) is 22.6. The molecule has 1 aliphatic heterocycles. The maximum Gasteiger partial charge on any atom is 0.326 e. The predicted octanol–water partition coefficient (Wildman–Crippen LogP) is -2.90. The molecular weight excluding hydrogens is 572 g/mol. The van der Waals surface area contributed by atoms with E-state index in [1.807, 2.05) is 0 Å². The van der Waals surface area contributed by atoms with Crippen LogP contribution in [0.5, 0.6) is 0 Å². The number of likely N-dealkylation sites (tertiary alicyclic amines) is 1. The molecule has 1 aliphatic rings. The zero-order valence-electron chi connectivity index (χ0n) is 24.9. The lowest BCUT2D eigenvalue weighted by atomic mass is 10.1. The Morgan fingerprint density at radius 1 is 0.930 bits per heavy atom. The number of nitrogens with two attached hydrogens (primary N) is 4. The summed E-state index contributed by atoms with van der Waals surface area (Å²) in [4.78, 5) is 73.4. The number of carboxylic acid groups (broad SMARTS) is 3. The van der Waals surface area contributed by atoms with Crippen LogP contribution in [0.25, 0.3) is 0 Å². The Balaban J connectivity index is 0. The standard InChI is InChI=1S/C21H40N8O6.2C2H4O2/c1-12(30)16(23)18(32)27-13(6-2-3-9-22)19(33)29-11-5-8-15(29)17(31)28-14(20(34)35)7-4-10-26-21(24)25;2*1-2(3)4/h12-16,30H,2-11,22-23H2,1H3,(H,27,32)(H,28,31)(H,34,35)(H4,24,25,26);2*1H3,(H,3,4). The molecule has 0 saturated carbocycles. The summed E-state index contributed by atoms with van der Waals surface area (Å²) < 4.78 is 0. The minimum absolute atomic E-state index is 0.105. The van der Waals surface area contributed by atoms with Crippen LogP contribution in [0.2, 0.25) is 0 Å². The molecule has 0 bridgehead atoms. The Morgan fingerprint density at radius 2 is 1.47 bits per heavy atom. The van der Waals surface area contributed by atoms with Gasteiger partial charge in [-0.3, -0.25) is 29.0 Å². The molecule has 0 aromatic carbocycles. The number of nitrogens with zero attached hydrogens (tertiary/aromatic N) is 2. The van der Waals surface area contributed by atoms with Gasteiger partial charge in [-0.05, 0) is 58.4 Å². The van der Waals surface area contributed by atoms with E-state index in [4.69, 9.17) is 42.7 Å². The third-order valence-electron chi connectivity index (χ3n) is 5.78. The Hall–Kier alpha value is -4.03.